The van der Waals surface area contributed by atoms with Gasteiger partial charge in [0.05, 0.1) is 17.3 Å². The summed E-state index contributed by atoms with van der Waals surface area (Å²) in [6, 6.07) is 5.66. The fraction of sp³-hybridized carbons (Fsp3) is 0.526. The quantitative estimate of drug-likeness (QED) is 0.231. The highest BCUT2D eigenvalue weighted by atomic mass is 16.2. The Hall–Kier alpha value is -4.14. The largest absolute Gasteiger partial charge is 0.337 e. The Morgan fingerprint density at radius 3 is 2.55 bits per heavy atom. The number of carbonyl (C=O) groups excluding carboxylic acids is 4. The molecule has 4 aromatic rings. The number of hydrogen-bond acceptors (Lipinski definition) is 6. The molecule has 1 aliphatic carbocycles. The molecule has 9 heteroatoms. The Kier molecular flexibility index (Phi) is 7.72. The number of benzene rings is 1. The molecular weight excluding hydrogens is 590 g/mol. The average Bonchev–Trinajstić information content (AvgIpc) is 3.28. The second kappa shape index (κ2) is 11.5. The van der Waals surface area contributed by atoms with Gasteiger partial charge in [0.25, 0.3) is 0 Å². The molecule has 47 heavy (non-hydrogen) atoms. The predicted octanol–water partition coefficient (Wildman–Crippen LogP) is 6.69. The van der Waals surface area contributed by atoms with E-state index < -0.39 is 11.5 Å². The van der Waals surface area contributed by atoms with Crippen molar-refractivity contribution >= 4 is 39.8 Å². The smallest absolute Gasteiger partial charge is 0.243 e. The molecule has 0 spiro atoms. The molecule has 0 unspecified atom stereocenters. The summed E-state index contributed by atoms with van der Waals surface area (Å²) in [4.78, 5) is 60.5. The van der Waals surface area contributed by atoms with Crippen LogP contribution < -0.4 is 0 Å². The van der Waals surface area contributed by atoms with Crippen molar-refractivity contribution in [2.45, 2.75) is 117 Å². The highest BCUT2D eigenvalue weighted by Crippen LogP contribution is 2.62. The van der Waals surface area contributed by atoms with Crippen LogP contribution in [0.25, 0.3) is 27.7 Å². The molecule has 3 atom stereocenters. The summed E-state index contributed by atoms with van der Waals surface area (Å²) in [5.41, 5.74) is 5.47. The fourth-order valence-corrected chi connectivity index (χ4v) is 8.43. The number of fused-ring (bicyclic) bond motifs is 1. The van der Waals surface area contributed by atoms with E-state index in [0.717, 1.165) is 83.9 Å². The molecule has 1 aromatic carbocycles. The van der Waals surface area contributed by atoms with Crippen LogP contribution in [0.15, 0.2) is 36.8 Å². The monoisotopic (exact) mass is 635 g/mol. The molecule has 9 nitrogen and oxygen atoms in total. The molecule has 0 N–H and O–H groups in total. The van der Waals surface area contributed by atoms with Gasteiger partial charge in [0.15, 0.2) is 17.2 Å². The molecule has 3 aliphatic rings. The molecule has 2 aliphatic heterocycles. The summed E-state index contributed by atoms with van der Waals surface area (Å²) in [7, 11) is 0. The van der Waals surface area contributed by atoms with Gasteiger partial charge >= 0.3 is 0 Å². The molecule has 1 amide bonds. The van der Waals surface area contributed by atoms with Gasteiger partial charge in [-0.25, -0.2) is 9.50 Å². The topological polar surface area (TPSA) is 107 Å². The Morgan fingerprint density at radius 2 is 1.79 bits per heavy atom. The van der Waals surface area contributed by atoms with Crippen molar-refractivity contribution in [3.8, 4) is 11.1 Å². The van der Waals surface area contributed by atoms with Crippen molar-refractivity contribution in [3.63, 3.8) is 0 Å². The second-order valence-electron chi connectivity index (χ2n) is 15.0. The maximum atomic E-state index is 14.3. The van der Waals surface area contributed by atoms with Crippen molar-refractivity contribution in [1.82, 2.24) is 24.1 Å². The van der Waals surface area contributed by atoms with Crippen LogP contribution in [0.1, 0.15) is 107 Å². The van der Waals surface area contributed by atoms with Gasteiger partial charge in [-0.3, -0.25) is 19.2 Å². The number of nitrogens with zero attached hydrogens (tertiary/aromatic N) is 5. The molecule has 5 heterocycles. The summed E-state index contributed by atoms with van der Waals surface area (Å²) in [6.07, 6.45) is 13.1. The summed E-state index contributed by atoms with van der Waals surface area (Å²) in [5, 5.41) is 5.38. The van der Waals surface area contributed by atoms with Gasteiger partial charge < -0.3 is 9.47 Å². The van der Waals surface area contributed by atoms with Crippen molar-refractivity contribution in [2.75, 3.05) is 0 Å². The van der Waals surface area contributed by atoms with Gasteiger partial charge in [0.2, 0.25) is 5.91 Å². The number of aromatic nitrogens is 4. The first-order chi connectivity index (χ1) is 22.4. The number of rotatable bonds is 4. The van der Waals surface area contributed by atoms with Gasteiger partial charge in [-0.15, -0.1) is 0 Å². The Labute approximate surface area is 275 Å². The zero-order valence-corrected chi connectivity index (χ0v) is 28.3. The van der Waals surface area contributed by atoms with Gasteiger partial charge in [-0.1, -0.05) is 33.6 Å². The number of hydrogen-bond donors (Lipinski definition) is 0. The van der Waals surface area contributed by atoms with Crippen LogP contribution in [0.3, 0.4) is 0 Å². The minimum atomic E-state index is -0.457. The lowest BCUT2D eigenvalue weighted by molar-refractivity contribution is -0.139. The molecule has 1 saturated carbocycles. The first-order valence-electron chi connectivity index (χ1n) is 17.3. The molecule has 2 bridgehead atoms. The highest BCUT2D eigenvalue weighted by Gasteiger charge is 2.66. The molecule has 3 aromatic heterocycles. The SMILES string of the molecule is CCC(=O)[C@@H]1C[C@]23CCC(=O)C(C)(C)CCCCCc4cc(-c5cnc6cc(C)nn6c5)cc5c(C(C)=O)cn(c45)CC(=O)N1[C@@H]2C3. The van der Waals surface area contributed by atoms with Crippen LogP contribution in [0.2, 0.25) is 0 Å². The summed E-state index contributed by atoms with van der Waals surface area (Å²) in [6.45, 7) is 9.56. The van der Waals surface area contributed by atoms with E-state index in [-0.39, 0.29) is 41.3 Å². The van der Waals surface area contributed by atoms with Crippen LogP contribution in [0.4, 0.5) is 0 Å². The van der Waals surface area contributed by atoms with Crippen LogP contribution in [0.5, 0.6) is 0 Å². The molecular formula is C38H45N5O4. The summed E-state index contributed by atoms with van der Waals surface area (Å²) >= 11 is 0. The number of carbonyl (C=O) groups is 4. The van der Waals surface area contributed by atoms with Gasteiger partial charge in [-0.05, 0) is 81.0 Å². The third kappa shape index (κ3) is 5.51. The van der Waals surface area contributed by atoms with Crippen LogP contribution in [0, 0.1) is 17.8 Å². The fourth-order valence-electron chi connectivity index (χ4n) is 8.43. The zero-order chi connectivity index (χ0) is 33.2. The predicted molar refractivity (Wildman–Crippen MR) is 180 cm³/mol. The van der Waals surface area contributed by atoms with E-state index in [9.17, 15) is 19.2 Å². The van der Waals surface area contributed by atoms with E-state index in [1.165, 1.54) is 0 Å². The molecule has 0 radical (unpaired) electrons. The lowest BCUT2D eigenvalue weighted by atomic mass is 9.79. The maximum Gasteiger partial charge on any atom is 0.243 e. The van der Waals surface area contributed by atoms with E-state index in [1.54, 1.807) is 11.4 Å². The molecule has 2 fully saturated rings. The minimum Gasteiger partial charge on any atom is -0.337 e. The normalized spacial score (nSPS) is 24.8. The number of ketones is 3. The maximum absolute atomic E-state index is 14.3. The van der Waals surface area contributed by atoms with Crippen LogP contribution >= 0.6 is 0 Å². The molecule has 7 rings (SSSR count). The third-order valence-electron chi connectivity index (χ3n) is 11.3. The Morgan fingerprint density at radius 1 is 0.979 bits per heavy atom. The lowest BCUT2D eigenvalue weighted by Crippen LogP contribution is -2.44. The number of aryl methyl sites for hydroxylation is 2. The minimum absolute atomic E-state index is 0.0179. The van der Waals surface area contributed by atoms with Gasteiger partial charge in [0, 0.05) is 65.5 Å². The van der Waals surface area contributed by atoms with E-state index >= 15 is 0 Å². The van der Waals surface area contributed by atoms with E-state index in [4.69, 9.17) is 0 Å². The van der Waals surface area contributed by atoms with Gasteiger partial charge in [-0.2, -0.15) is 5.10 Å². The van der Waals surface area contributed by atoms with E-state index in [2.05, 4.69) is 30.0 Å². The number of Topliss-reactive ketones (excluding diaryl/α,β-unsaturated/α-hetero) is 3. The lowest BCUT2D eigenvalue weighted by Gasteiger charge is -2.27. The van der Waals surface area contributed by atoms with E-state index in [1.807, 2.05) is 54.0 Å². The first-order valence-corrected chi connectivity index (χ1v) is 17.3. The van der Waals surface area contributed by atoms with Crippen molar-refractivity contribution < 1.29 is 19.2 Å². The van der Waals surface area contributed by atoms with Crippen LogP contribution in [-0.2, 0) is 27.3 Å². The third-order valence-corrected chi connectivity index (χ3v) is 11.3. The van der Waals surface area contributed by atoms with Crippen molar-refractivity contribution in [3.05, 3.63) is 53.6 Å². The van der Waals surface area contributed by atoms with Crippen molar-refractivity contribution in [2.24, 2.45) is 10.8 Å². The Balaban J connectivity index is 1.34. The number of piperidine rings is 1. The van der Waals surface area contributed by atoms with Crippen LogP contribution in [-0.4, -0.2) is 59.4 Å². The van der Waals surface area contributed by atoms with Crippen molar-refractivity contribution in [1.29, 1.82) is 0 Å². The summed E-state index contributed by atoms with van der Waals surface area (Å²) < 4.78 is 3.73. The summed E-state index contributed by atoms with van der Waals surface area (Å²) in [5.74, 6) is 0.208. The number of amides is 1. The molecule has 246 valence electrons. The van der Waals surface area contributed by atoms with Gasteiger partial charge in [0.1, 0.15) is 12.3 Å². The Bertz CT molecular complexity index is 1950. The second-order valence-corrected chi connectivity index (χ2v) is 15.0. The standard InChI is InChI=1S/C38H45N5O4/c1-6-31(45)30-17-38-13-11-33(46)37(4,5)12-9-7-8-10-25-15-26(27-19-39-34-14-23(2)40-42(34)20-27)16-28-29(24(3)44)21-41(36(25)28)22-35(47)43(30)32(38)18-38/h14-16,19-21,30,32H,6-13,17-18,22H2,1-5H3/t30-,32+,38-/m0/s1. The average molecular weight is 636 g/mol. The molecule has 1 saturated heterocycles. The zero-order valence-electron chi connectivity index (χ0n) is 28.3. The first kappa shape index (κ1) is 31.5. The van der Waals surface area contributed by atoms with E-state index in [0.29, 0.717) is 24.8 Å². The highest BCUT2D eigenvalue weighted by molar-refractivity contribution is 6.09.